The van der Waals surface area contributed by atoms with E-state index in [1.165, 1.54) is 24.4 Å². The van der Waals surface area contributed by atoms with Crippen molar-refractivity contribution in [2.75, 3.05) is 0 Å². The summed E-state index contributed by atoms with van der Waals surface area (Å²) in [6.45, 7) is 0. The van der Waals surface area contributed by atoms with E-state index in [9.17, 15) is 14.0 Å². The third-order valence-corrected chi connectivity index (χ3v) is 3.19. The van der Waals surface area contributed by atoms with Gasteiger partial charge in [0.05, 0.1) is 6.42 Å². The Bertz CT molecular complexity index is 629. The number of hydrogen-bond acceptors (Lipinski definition) is 3. The molecule has 0 saturated heterocycles. The number of aromatic nitrogens is 1. The van der Waals surface area contributed by atoms with E-state index < -0.39 is 5.82 Å². The zero-order valence-corrected chi connectivity index (χ0v) is 11.4. The SMILES string of the molecule is O=C(CC(=O)c1ccc(F)cc1Br)c1cccnc1. The average Bonchev–Trinajstić information content (AvgIpc) is 2.39. The minimum absolute atomic E-state index is 0.268. The van der Waals surface area contributed by atoms with Crippen molar-refractivity contribution < 1.29 is 14.0 Å². The summed E-state index contributed by atoms with van der Waals surface area (Å²) in [5, 5.41) is 0. The number of hydrogen-bond donors (Lipinski definition) is 0. The molecule has 2 rings (SSSR count). The van der Waals surface area contributed by atoms with Crippen LogP contribution in [0.15, 0.2) is 47.2 Å². The second kappa shape index (κ2) is 5.84. The lowest BCUT2D eigenvalue weighted by Crippen LogP contribution is -2.09. The molecule has 0 aliphatic rings. The van der Waals surface area contributed by atoms with Gasteiger partial charge in [-0.2, -0.15) is 0 Å². The molecule has 0 saturated carbocycles. The van der Waals surface area contributed by atoms with Crippen molar-refractivity contribution in [1.29, 1.82) is 0 Å². The van der Waals surface area contributed by atoms with Gasteiger partial charge in [0.1, 0.15) is 5.82 Å². The van der Waals surface area contributed by atoms with Crippen LogP contribution in [0.5, 0.6) is 0 Å². The molecular weight excluding hydrogens is 313 g/mol. The van der Waals surface area contributed by atoms with Crippen molar-refractivity contribution in [3.63, 3.8) is 0 Å². The van der Waals surface area contributed by atoms with Gasteiger partial charge >= 0.3 is 0 Å². The molecular formula is C14H9BrFNO2. The third-order valence-electron chi connectivity index (χ3n) is 2.54. The summed E-state index contributed by atoms with van der Waals surface area (Å²) in [5.41, 5.74) is 0.674. The van der Waals surface area contributed by atoms with E-state index >= 15 is 0 Å². The fourth-order valence-corrected chi connectivity index (χ4v) is 2.16. The van der Waals surface area contributed by atoms with Crippen LogP contribution in [0, 0.1) is 5.82 Å². The normalized spacial score (nSPS) is 10.2. The summed E-state index contributed by atoms with van der Waals surface area (Å²) in [6.07, 6.45) is 2.69. The Morgan fingerprint density at radius 2 is 2.00 bits per heavy atom. The maximum absolute atomic E-state index is 12.9. The highest BCUT2D eigenvalue weighted by Crippen LogP contribution is 2.20. The summed E-state index contributed by atoms with van der Waals surface area (Å²) < 4.78 is 13.3. The van der Waals surface area contributed by atoms with Crippen LogP contribution in [0.3, 0.4) is 0 Å². The molecule has 0 fully saturated rings. The number of ketones is 2. The van der Waals surface area contributed by atoms with Gasteiger partial charge in [-0.15, -0.1) is 0 Å². The fraction of sp³-hybridized carbons (Fsp3) is 0.0714. The van der Waals surface area contributed by atoms with Crippen molar-refractivity contribution in [2.24, 2.45) is 0 Å². The Kier molecular flexibility index (Phi) is 4.16. The molecule has 19 heavy (non-hydrogen) atoms. The summed E-state index contributed by atoms with van der Waals surface area (Å²) >= 11 is 3.11. The Balaban J connectivity index is 2.15. The molecule has 0 N–H and O–H groups in total. The van der Waals surface area contributed by atoms with Gasteiger partial charge < -0.3 is 0 Å². The van der Waals surface area contributed by atoms with Gasteiger partial charge in [-0.3, -0.25) is 14.6 Å². The van der Waals surface area contributed by atoms with E-state index in [1.807, 2.05) is 0 Å². The molecule has 2 aromatic rings. The Morgan fingerprint density at radius 1 is 1.21 bits per heavy atom. The molecule has 0 atom stereocenters. The minimum Gasteiger partial charge on any atom is -0.294 e. The predicted molar refractivity (Wildman–Crippen MR) is 71.6 cm³/mol. The number of nitrogens with zero attached hydrogens (tertiary/aromatic N) is 1. The Labute approximate surface area is 117 Å². The van der Waals surface area contributed by atoms with Crippen LogP contribution >= 0.6 is 15.9 Å². The maximum Gasteiger partial charge on any atom is 0.172 e. The average molecular weight is 322 g/mol. The number of carbonyl (C=O) groups is 2. The number of halogens is 2. The molecule has 0 aliphatic carbocycles. The Morgan fingerprint density at radius 3 is 2.63 bits per heavy atom. The predicted octanol–water partition coefficient (Wildman–Crippen LogP) is 3.44. The molecule has 0 unspecified atom stereocenters. The van der Waals surface area contributed by atoms with Crippen molar-refractivity contribution in [1.82, 2.24) is 4.98 Å². The first-order valence-electron chi connectivity index (χ1n) is 5.49. The molecule has 5 heteroatoms. The highest BCUT2D eigenvalue weighted by molar-refractivity contribution is 9.10. The van der Waals surface area contributed by atoms with Crippen molar-refractivity contribution in [3.8, 4) is 0 Å². The van der Waals surface area contributed by atoms with Crippen molar-refractivity contribution in [3.05, 3.63) is 64.1 Å². The van der Waals surface area contributed by atoms with Crippen LogP contribution in [0.25, 0.3) is 0 Å². The number of rotatable bonds is 4. The lowest BCUT2D eigenvalue weighted by atomic mass is 10.0. The van der Waals surface area contributed by atoms with Crippen molar-refractivity contribution >= 4 is 27.5 Å². The topological polar surface area (TPSA) is 47.0 Å². The first-order chi connectivity index (χ1) is 9.08. The van der Waals surface area contributed by atoms with Crippen LogP contribution in [0.2, 0.25) is 0 Å². The maximum atomic E-state index is 12.9. The van der Waals surface area contributed by atoms with E-state index in [1.54, 1.807) is 18.3 Å². The lowest BCUT2D eigenvalue weighted by molar-refractivity contribution is 0.0893. The first kappa shape index (κ1) is 13.5. The number of benzene rings is 1. The lowest BCUT2D eigenvalue weighted by Gasteiger charge is -2.03. The summed E-state index contributed by atoms with van der Waals surface area (Å²) in [7, 11) is 0. The van der Waals surface area contributed by atoms with Gasteiger partial charge in [0.15, 0.2) is 11.6 Å². The van der Waals surface area contributed by atoms with Gasteiger partial charge in [0.25, 0.3) is 0 Å². The molecule has 1 aromatic carbocycles. The second-order valence-electron chi connectivity index (χ2n) is 3.89. The summed E-state index contributed by atoms with van der Waals surface area (Å²) in [5.74, 6) is -1.11. The molecule has 96 valence electrons. The van der Waals surface area contributed by atoms with Gasteiger partial charge in [-0.05, 0) is 46.3 Å². The van der Waals surface area contributed by atoms with Crippen molar-refractivity contribution in [2.45, 2.75) is 6.42 Å². The van der Waals surface area contributed by atoms with E-state index in [2.05, 4.69) is 20.9 Å². The molecule has 1 aromatic heterocycles. The standard InChI is InChI=1S/C14H9BrFNO2/c15-12-6-10(16)3-4-11(12)14(19)7-13(18)9-2-1-5-17-8-9/h1-6,8H,7H2. The monoisotopic (exact) mass is 321 g/mol. The number of pyridine rings is 1. The zero-order chi connectivity index (χ0) is 13.8. The number of carbonyl (C=O) groups excluding carboxylic acids is 2. The minimum atomic E-state index is -0.443. The zero-order valence-electron chi connectivity index (χ0n) is 9.77. The molecule has 0 aliphatic heterocycles. The van der Waals surface area contributed by atoms with Gasteiger partial charge in [-0.1, -0.05) is 0 Å². The smallest absolute Gasteiger partial charge is 0.172 e. The van der Waals surface area contributed by atoms with E-state index in [0.717, 1.165) is 0 Å². The quantitative estimate of drug-likeness (QED) is 0.640. The van der Waals surface area contributed by atoms with Crippen LogP contribution in [0.4, 0.5) is 4.39 Å². The first-order valence-corrected chi connectivity index (χ1v) is 6.28. The molecule has 0 amide bonds. The van der Waals surface area contributed by atoms with E-state index in [-0.39, 0.29) is 18.0 Å². The highest BCUT2D eigenvalue weighted by atomic mass is 79.9. The molecule has 0 bridgehead atoms. The molecule has 1 heterocycles. The van der Waals surface area contributed by atoms with Gasteiger partial charge in [0.2, 0.25) is 0 Å². The van der Waals surface area contributed by atoms with E-state index in [4.69, 9.17) is 0 Å². The van der Waals surface area contributed by atoms with Crippen LogP contribution < -0.4 is 0 Å². The highest BCUT2D eigenvalue weighted by Gasteiger charge is 2.16. The van der Waals surface area contributed by atoms with Gasteiger partial charge in [0, 0.05) is 28.0 Å². The largest absolute Gasteiger partial charge is 0.294 e. The summed E-state index contributed by atoms with van der Waals surface area (Å²) in [4.78, 5) is 27.6. The number of Topliss-reactive ketones (excluding diaryl/α,β-unsaturated/α-hetero) is 2. The molecule has 0 spiro atoms. The summed E-state index contributed by atoms with van der Waals surface area (Å²) in [6, 6.07) is 6.97. The molecule has 3 nitrogen and oxygen atoms in total. The van der Waals surface area contributed by atoms with Gasteiger partial charge in [-0.25, -0.2) is 4.39 Å². The Hall–Kier alpha value is -1.88. The van der Waals surface area contributed by atoms with Crippen LogP contribution in [-0.2, 0) is 0 Å². The van der Waals surface area contributed by atoms with Crippen LogP contribution in [0.1, 0.15) is 27.1 Å². The fourth-order valence-electron chi connectivity index (χ4n) is 1.59. The third kappa shape index (κ3) is 3.32. The van der Waals surface area contributed by atoms with E-state index in [0.29, 0.717) is 15.6 Å². The molecule has 0 radical (unpaired) electrons. The second-order valence-corrected chi connectivity index (χ2v) is 4.74. The van der Waals surface area contributed by atoms with Crippen LogP contribution in [-0.4, -0.2) is 16.6 Å².